The van der Waals surface area contributed by atoms with E-state index in [0.29, 0.717) is 128 Å². The van der Waals surface area contributed by atoms with Gasteiger partial charge in [0, 0.05) is 94.2 Å². The Hall–Kier alpha value is -13.9. The summed E-state index contributed by atoms with van der Waals surface area (Å²) in [6.45, 7) is 31.6. The van der Waals surface area contributed by atoms with Gasteiger partial charge in [-0.25, -0.2) is 20.0 Å². The highest BCUT2D eigenvalue weighted by Gasteiger charge is 2.51. The van der Waals surface area contributed by atoms with Gasteiger partial charge in [-0.15, -0.1) is 0 Å². The Morgan fingerprint density at radius 3 is 1.19 bits per heavy atom. The van der Waals surface area contributed by atoms with Crippen molar-refractivity contribution >= 4 is 71.1 Å². The summed E-state index contributed by atoms with van der Waals surface area (Å²) < 4.78 is 35.5. The highest BCUT2D eigenvalue weighted by Crippen LogP contribution is 2.50. The largest absolute Gasteiger partial charge is 0.493 e. The predicted molar refractivity (Wildman–Crippen MR) is 545 cm³/mol. The Bertz CT molecular complexity index is 6330. The fourth-order valence-corrected chi connectivity index (χ4v) is 21.2. The molecule has 19 rings (SSSR count). The molecule has 8 aromatic carbocycles. The number of benzene rings is 8. The maximum absolute atomic E-state index is 13.5. The topological polar surface area (TPSA) is 447 Å². The van der Waals surface area contributed by atoms with Crippen molar-refractivity contribution in [3.8, 4) is 34.5 Å². The minimum atomic E-state index is -0.888. The first-order valence-corrected chi connectivity index (χ1v) is 50.1. The summed E-state index contributed by atoms with van der Waals surface area (Å²) in [5.41, 5.74) is 32.0. The lowest BCUT2D eigenvalue weighted by molar-refractivity contribution is -0.134. The number of nitrogens with zero attached hydrogens (tertiary/aromatic N) is 8. The fourth-order valence-electron chi connectivity index (χ4n) is 21.2. The number of hydrogen-bond donors (Lipinski definition) is 10. The molecular weight excluding hydrogens is 1810 g/mol. The van der Waals surface area contributed by atoms with E-state index in [0.717, 1.165) is 75.9 Å². The molecule has 11 aliphatic rings. The van der Waals surface area contributed by atoms with Crippen molar-refractivity contribution in [1.29, 1.82) is 0 Å². The number of ether oxygens (including phenoxy) is 6. The molecule has 0 radical (unpaired) electrons. The van der Waals surface area contributed by atoms with Gasteiger partial charge in [-0.3, -0.25) is 58.0 Å². The van der Waals surface area contributed by atoms with Gasteiger partial charge in [-0.1, -0.05) is 146 Å². The quantitative estimate of drug-likeness (QED) is 0.0359. The number of nitrogens with one attached hydrogen (secondary N) is 4. The molecule has 0 unspecified atom stereocenters. The van der Waals surface area contributed by atoms with Crippen LogP contribution in [0.4, 0.5) is 0 Å². The van der Waals surface area contributed by atoms with Crippen LogP contribution < -0.4 is 72.6 Å². The van der Waals surface area contributed by atoms with E-state index >= 15 is 0 Å². The monoisotopic (exact) mass is 1950 g/mol. The standard InChI is InChI=1S/C29H36N4O5.C29H36N4O4.C27H32N4O4.C26H32N4O3/c1-16(2)29(5)14-24(35)33(27(30)32-29)20-13-28(3,4)38-23-11-10-17(12-19(20)23)26(36)31-25-18-8-6-7-9-22(18)37-15-21(25)34;1-16(2)29(5)15-24(35)33(27(30)32-29)21-14-28(3,4)37-23-11-10-18(12-20(21)23)26(36)31-25-19-9-7-6-8-17(19)13-22(25)34;1-3-27(4-2)16-24(32)31(26(28)30-27)21-12-14-35-23-10-9-17(15-19(21)23)25(33)29-20-11-13-34-22-8-6-5-7-18(20)22;1-4-26(5-2)16-23(31)30(25(27)29-26)21-13-14-33-22-12-11-19(15-20(21)22)24(32)28-17(3)18-9-7-6-8-10-18/h6-12,16,20-21,25,34H,13-15H2,1-5H3,(H2,30,32)(H,31,36);6-12,16,21-22,25,34H,13-15H2,1-5H3,(H2,30,32)(H,31,36);5-10,15,20-21H,3-4,11-14,16H2,1-2H3,(H2,28,30)(H,29,33);6-12,15,17,21H,4-5,13-14,16H2,1-3H3,(H2,27,29)(H,28,32)/t20-,21-,25-,29+;21-,22-,25-,29+;20-,21+;17-,21+/m1100/s1. The molecule has 12 atom stereocenters. The number of aliphatic hydroxyl groups excluding tert-OH is 2. The molecule has 0 saturated heterocycles. The molecule has 10 heterocycles. The molecule has 8 aromatic rings. The SMILES string of the molecule is CC(C)[C@]1(C)CC(=O)N([C@@H]2CC(C)(C)Oc3ccc(C(=O)N[C@@H]4c5ccccc5C[C@H]4O)cc32)C(N)=N1.CC(C)[C@]1(C)CC(=O)N([C@@H]2CC(C)(C)Oc3ccc(C(=O)N[C@@H]4c5ccccc5OC[C@H]4O)cc32)C(N)=N1.CCC1(CC)CC(=O)N([C@@H]2CCOc3ccc(C(=O)N[C@@H](C)c4ccccc4)cc32)C(N)=N1.CCC1(CC)CC(=O)N([C@@H]2CCOc3ccc(C(=O)N[C@H]4CCOc5ccccc54)cc32)C(N)=N1. The van der Waals surface area contributed by atoms with Crippen molar-refractivity contribution in [2.45, 2.75) is 288 Å². The van der Waals surface area contributed by atoms with E-state index in [1.165, 1.54) is 0 Å². The van der Waals surface area contributed by atoms with Crippen molar-refractivity contribution < 1.29 is 77.0 Å². The van der Waals surface area contributed by atoms with E-state index in [-0.39, 0.29) is 127 Å². The Balaban J connectivity index is 0.000000137. The average Bonchev–Trinajstić information content (AvgIpc) is 1.54. The highest BCUT2D eigenvalue weighted by atomic mass is 16.5. The van der Waals surface area contributed by atoms with E-state index in [9.17, 15) is 48.6 Å². The van der Waals surface area contributed by atoms with Crippen LogP contribution >= 0.6 is 0 Å². The number of aliphatic imine (C=N–C) groups is 4. The summed E-state index contributed by atoms with van der Waals surface area (Å²) in [7, 11) is 0. The minimum absolute atomic E-state index is 0.0309. The summed E-state index contributed by atoms with van der Waals surface area (Å²) in [5, 5.41) is 33.3. The molecule has 8 amide bonds. The fraction of sp³-hybridized carbons (Fsp3) is 0.459. The van der Waals surface area contributed by atoms with Gasteiger partial charge in [-0.05, 0) is 188 Å². The molecule has 756 valence electrons. The second-order valence-corrected chi connectivity index (χ2v) is 41.6. The van der Waals surface area contributed by atoms with E-state index < -0.39 is 69.7 Å². The molecule has 0 fully saturated rings. The minimum Gasteiger partial charge on any atom is -0.493 e. The number of para-hydroxylation sites is 2. The number of rotatable bonds is 19. The first-order chi connectivity index (χ1) is 68.1. The summed E-state index contributed by atoms with van der Waals surface area (Å²) >= 11 is 0. The van der Waals surface area contributed by atoms with Gasteiger partial charge in [0.25, 0.3) is 23.6 Å². The Kier molecular flexibility index (Phi) is 29.4. The van der Waals surface area contributed by atoms with Crippen LogP contribution in [0.2, 0.25) is 0 Å². The zero-order valence-corrected chi connectivity index (χ0v) is 84.4. The number of hydrogen-bond acceptors (Lipinski definition) is 24. The van der Waals surface area contributed by atoms with Gasteiger partial charge in [0.2, 0.25) is 23.6 Å². The molecule has 0 saturated carbocycles. The van der Waals surface area contributed by atoms with Crippen LogP contribution in [-0.4, -0.2) is 173 Å². The highest BCUT2D eigenvalue weighted by molar-refractivity contribution is 6.04. The number of guanidine groups is 4. The van der Waals surface area contributed by atoms with Crippen LogP contribution in [0.1, 0.15) is 327 Å². The number of aliphatic hydroxyl groups is 2. The van der Waals surface area contributed by atoms with Crippen molar-refractivity contribution in [3.63, 3.8) is 0 Å². The number of carbonyl (C=O) groups excluding carboxylic acids is 8. The molecule has 143 heavy (non-hydrogen) atoms. The van der Waals surface area contributed by atoms with Crippen LogP contribution in [0.15, 0.2) is 196 Å². The number of amides is 8. The van der Waals surface area contributed by atoms with Gasteiger partial charge in [0.15, 0.2) is 23.8 Å². The van der Waals surface area contributed by atoms with Crippen LogP contribution in [0.25, 0.3) is 0 Å². The Morgan fingerprint density at radius 1 is 0.392 bits per heavy atom. The average molecular weight is 1950 g/mol. The third-order valence-electron chi connectivity index (χ3n) is 30.6. The molecule has 32 nitrogen and oxygen atoms in total. The van der Waals surface area contributed by atoms with E-state index in [2.05, 4.69) is 21.3 Å². The molecule has 0 aromatic heterocycles. The van der Waals surface area contributed by atoms with Gasteiger partial charge >= 0.3 is 0 Å². The third-order valence-corrected chi connectivity index (χ3v) is 30.6. The molecular formula is C111H136N16O16. The zero-order chi connectivity index (χ0) is 102. The number of fused-ring (bicyclic) bond motifs is 7. The molecule has 32 heteroatoms. The zero-order valence-electron chi connectivity index (χ0n) is 84.4. The van der Waals surface area contributed by atoms with E-state index in [4.69, 9.17) is 71.3 Å². The summed E-state index contributed by atoms with van der Waals surface area (Å²) in [5.74, 6) is 3.90. The van der Waals surface area contributed by atoms with Crippen molar-refractivity contribution in [2.24, 2.45) is 54.7 Å². The second-order valence-electron chi connectivity index (χ2n) is 41.6. The number of nitrogens with two attached hydrogens (primary N) is 4. The predicted octanol–water partition coefficient (Wildman–Crippen LogP) is 15.1. The van der Waals surface area contributed by atoms with Crippen LogP contribution in [0.3, 0.4) is 0 Å². The van der Waals surface area contributed by atoms with Crippen LogP contribution in [0, 0.1) is 11.8 Å². The lowest BCUT2D eigenvalue weighted by atomic mass is 9.82. The summed E-state index contributed by atoms with van der Waals surface area (Å²) in [6, 6.07) is 51.0. The van der Waals surface area contributed by atoms with Gasteiger partial charge in [0.1, 0.15) is 58.4 Å². The van der Waals surface area contributed by atoms with E-state index in [1.807, 2.05) is 219 Å². The molecule has 14 N–H and O–H groups in total. The van der Waals surface area contributed by atoms with Crippen LogP contribution in [-0.2, 0) is 25.6 Å². The lowest BCUT2D eigenvalue weighted by Crippen LogP contribution is -2.55. The Morgan fingerprint density at radius 2 is 0.748 bits per heavy atom. The molecule has 1 aliphatic carbocycles. The summed E-state index contributed by atoms with van der Waals surface area (Å²) in [6.07, 6.45) is 6.00. The Labute approximate surface area is 836 Å². The smallest absolute Gasteiger partial charge is 0.251 e. The first kappa shape index (κ1) is 102. The van der Waals surface area contributed by atoms with Crippen LogP contribution in [0.5, 0.6) is 34.5 Å². The van der Waals surface area contributed by atoms with Crippen molar-refractivity contribution in [2.75, 3.05) is 26.4 Å². The van der Waals surface area contributed by atoms with Gasteiger partial charge in [0.05, 0.1) is 122 Å². The second kappa shape index (κ2) is 41.2. The third kappa shape index (κ3) is 21.2. The molecule has 0 bridgehead atoms. The van der Waals surface area contributed by atoms with Gasteiger partial charge < -0.3 is 82.8 Å². The number of carbonyl (C=O) groups is 8. The molecule has 10 aliphatic heterocycles. The van der Waals surface area contributed by atoms with Gasteiger partial charge in [-0.2, -0.15) is 0 Å². The van der Waals surface area contributed by atoms with Crippen molar-refractivity contribution in [1.82, 2.24) is 40.9 Å². The summed E-state index contributed by atoms with van der Waals surface area (Å²) in [4.78, 5) is 132. The normalized spacial score (nSPS) is 25.0. The van der Waals surface area contributed by atoms with Crippen molar-refractivity contribution in [3.05, 3.63) is 248 Å². The molecule has 0 spiro atoms. The lowest BCUT2D eigenvalue weighted by Gasteiger charge is -2.45. The van der Waals surface area contributed by atoms with E-state index in [1.54, 1.807) is 80.3 Å². The maximum atomic E-state index is 13.5. The maximum Gasteiger partial charge on any atom is 0.251 e. The first-order valence-electron chi connectivity index (χ1n) is 50.1.